The third-order valence-corrected chi connectivity index (χ3v) is 11.7. The van der Waals surface area contributed by atoms with Crippen LogP contribution < -0.4 is 10.6 Å². The normalized spacial score (nSPS) is 20.4. The first-order valence-electron chi connectivity index (χ1n) is 9.63. The molecule has 1 saturated heterocycles. The van der Waals surface area contributed by atoms with Crippen LogP contribution in [0, 0.1) is 3.57 Å². The maximum absolute atomic E-state index is 13.0. The second-order valence-electron chi connectivity index (χ2n) is 7.40. The summed E-state index contributed by atoms with van der Waals surface area (Å²) in [6.45, 7) is 1.66. The quantitative estimate of drug-likeness (QED) is 0.170. The Labute approximate surface area is 174 Å². The monoisotopic (exact) mass is 498 g/mol. The number of hydrogen-bond acceptors (Lipinski definition) is 3. The van der Waals surface area contributed by atoms with Crippen molar-refractivity contribution in [3.05, 3.63) is 69.6 Å². The van der Waals surface area contributed by atoms with Crippen molar-refractivity contribution in [1.82, 2.24) is 20.2 Å². The van der Waals surface area contributed by atoms with E-state index in [1.54, 1.807) is 0 Å². The fourth-order valence-electron chi connectivity index (χ4n) is 4.50. The summed E-state index contributed by atoms with van der Waals surface area (Å²) < 4.78 is 2.77. The molecule has 0 unspecified atom stereocenters. The fourth-order valence-corrected chi connectivity index (χ4v) is 10.3. The second kappa shape index (κ2) is 6.43. The number of amides is 2. The number of hydrogen-bond donors (Lipinski definition) is 3. The first kappa shape index (κ1) is 17.2. The number of alkyl halides is 1. The Morgan fingerprint density at radius 1 is 1.03 bits per heavy atom. The fraction of sp³-hybridized carbons (Fsp3) is 0.182. The number of nitrogens with zero attached hydrogens (tertiary/aromatic N) is 1. The van der Waals surface area contributed by atoms with E-state index in [0.717, 1.165) is 45.1 Å². The van der Waals surface area contributed by atoms with E-state index in [0.29, 0.717) is 0 Å². The van der Waals surface area contributed by atoms with Crippen LogP contribution in [0.15, 0.2) is 54.9 Å². The van der Waals surface area contributed by atoms with Gasteiger partial charge in [-0.15, -0.1) is 0 Å². The SMILES string of the molecule is O=C1NC(=O)I(c2c[nH]c3ccccc23)[C@@H]1c1cn2c3c(cccc13)CCNC2. The van der Waals surface area contributed by atoms with Crippen LogP contribution in [0.3, 0.4) is 0 Å². The molecule has 0 aliphatic carbocycles. The van der Waals surface area contributed by atoms with Gasteiger partial charge in [-0.25, -0.2) is 0 Å². The Bertz CT molecular complexity index is 1300. The van der Waals surface area contributed by atoms with Gasteiger partial charge in [0.25, 0.3) is 0 Å². The molecule has 0 bridgehead atoms. The summed E-state index contributed by atoms with van der Waals surface area (Å²) in [6, 6.07) is 14.3. The molecule has 7 heteroatoms. The number of imide groups is 1. The van der Waals surface area contributed by atoms with Crippen molar-refractivity contribution in [3.63, 3.8) is 0 Å². The number of para-hydroxylation sites is 2. The summed E-state index contributed by atoms with van der Waals surface area (Å²) >= 11 is -2.54. The minimum absolute atomic E-state index is 0.0729. The number of halogens is 1. The third-order valence-electron chi connectivity index (χ3n) is 5.75. The Morgan fingerprint density at radius 3 is 2.83 bits per heavy atom. The standard InChI is InChI=1S/C22H19IN4O2/c28-21-19(16-11-27-12-24-9-8-13-4-3-6-14(16)20(13)27)23(22(29)26-21)17-10-25-18-7-2-1-5-15(17)18/h1-7,10-11,19,24-25H,8-9,12H2,(H,26,28,29)/t19-/m1/s1. The van der Waals surface area contributed by atoms with Gasteiger partial charge in [-0.3, -0.25) is 0 Å². The molecule has 6 nitrogen and oxygen atoms in total. The number of benzene rings is 2. The van der Waals surface area contributed by atoms with Crippen molar-refractivity contribution in [3.8, 4) is 0 Å². The van der Waals surface area contributed by atoms with E-state index in [-0.39, 0.29) is 13.7 Å². The van der Waals surface area contributed by atoms with Gasteiger partial charge in [-0.1, -0.05) is 0 Å². The molecule has 2 amide bonds. The van der Waals surface area contributed by atoms with Gasteiger partial charge in [-0.2, -0.15) is 0 Å². The Balaban J connectivity index is 1.57. The number of aromatic amines is 1. The number of aromatic nitrogens is 2. The first-order valence-corrected chi connectivity index (χ1v) is 13.0. The van der Waals surface area contributed by atoms with Gasteiger partial charge in [0.05, 0.1) is 0 Å². The van der Waals surface area contributed by atoms with E-state index >= 15 is 0 Å². The number of H-pyrrole nitrogens is 1. The summed E-state index contributed by atoms with van der Waals surface area (Å²) in [4.78, 5) is 29.3. The Hall–Kier alpha value is -2.65. The molecule has 0 radical (unpaired) electrons. The Morgan fingerprint density at radius 2 is 1.90 bits per heavy atom. The molecule has 0 spiro atoms. The van der Waals surface area contributed by atoms with Crippen molar-refractivity contribution in [2.75, 3.05) is 6.54 Å². The van der Waals surface area contributed by atoms with Crippen molar-refractivity contribution in [1.29, 1.82) is 0 Å². The number of carbonyl (C=O) groups is 2. The Kier molecular flexibility index (Phi) is 3.82. The van der Waals surface area contributed by atoms with Crippen molar-refractivity contribution in [2.24, 2.45) is 0 Å². The predicted octanol–water partition coefficient (Wildman–Crippen LogP) is 3.89. The van der Waals surface area contributed by atoms with E-state index < -0.39 is 19.8 Å². The van der Waals surface area contributed by atoms with Gasteiger partial charge in [-0.05, 0) is 0 Å². The number of carbonyl (C=O) groups excluding carboxylic acids is 2. The molecule has 4 aromatic rings. The summed E-state index contributed by atoms with van der Waals surface area (Å²) in [7, 11) is 0. The predicted molar refractivity (Wildman–Crippen MR) is 121 cm³/mol. The van der Waals surface area contributed by atoms with E-state index in [2.05, 4.69) is 44.6 Å². The third kappa shape index (κ3) is 2.50. The van der Waals surface area contributed by atoms with Crippen LogP contribution in [-0.2, 0) is 17.9 Å². The van der Waals surface area contributed by atoms with Crippen molar-refractivity contribution < 1.29 is 9.59 Å². The molecule has 0 saturated carbocycles. The van der Waals surface area contributed by atoms with E-state index in [9.17, 15) is 9.59 Å². The molecular formula is C22H19IN4O2. The van der Waals surface area contributed by atoms with E-state index in [1.165, 1.54) is 11.1 Å². The number of rotatable bonds is 2. The molecule has 2 aliphatic heterocycles. The van der Waals surface area contributed by atoms with Crippen LogP contribution >= 0.6 is 19.8 Å². The van der Waals surface area contributed by atoms with Crippen molar-refractivity contribution >= 4 is 51.4 Å². The molecule has 6 rings (SSSR count). The molecule has 146 valence electrons. The van der Waals surface area contributed by atoms with Crippen LogP contribution in [0.4, 0.5) is 4.79 Å². The molecule has 2 aromatic carbocycles. The molecule has 1 atom stereocenters. The summed E-state index contributed by atoms with van der Waals surface area (Å²) in [6.07, 6.45) is 4.99. The zero-order chi connectivity index (χ0) is 19.5. The molecule has 3 N–H and O–H groups in total. The zero-order valence-corrected chi connectivity index (χ0v) is 17.7. The van der Waals surface area contributed by atoms with Crippen LogP contribution in [0.2, 0.25) is 0 Å². The van der Waals surface area contributed by atoms with Gasteiger partial charge in [0.15, 0.2) is 0 Å². The van der Waals surface area contributed by atoms with Crippen LogP contribution in [0.5, 0.6) is 0 Å². The second-order valence-corrected chi connectivity index (χ2v) is 12.6. The van der Waals surface area contributed by atoms with Gasteiger partial charge in [0.1, 0.15) is 0 Å². The molecule has 2 aliphatic rings. The summed E-state index contributed by atoms with van der Waals surface area (Å²) in [5.41, 5.74) is 4.48. The van der Waals surface area contributed by atoms with E-state index in [1.807, 2.05) is 30.5 Å². The van der Waals surface area contributed by atoms with Gasteiger partial charge >= 0.3 is 174 Å². The summed E-state index contributed by atoms with van der Waals surface area (Å²) in [5.74, 6) is -0.153. The van der Waals surface area contributed by atoms with Gasteiger partial charge in [0, 0.05) is 0 Å². The average molecular weight is 498 g/mol. The maximum atomic E-state index is 13.0. The van der Waals surface area contributed by atoms with Gasteiger partial charge in [0.2, 0.25) is 0 Å². The molecule has 4 heterocycles. The van der Waals surface area contributed by atoms with E-state index in [4.69, 9.17) is 0 Å². The average Bonchev–Trinajstić information content (AvgIpc) is 3.33. The van der Waals surface area contributed by atoms with Crippen LogP contribution in [0.25, 0.3) is 21.8 Å². The first-order chi connectivity index (χ1) is 14.2. The zero-order valence-electron chi connectivity index (χ0n) is 15.5. The van der Waals surface area contributed by atoms with Crippen LogP contribution in [-0.4, -0.2) is 25.9 Å². The van der Waals surface area contributed by atoms with Crippen LogP contribution in [0.1, 0.15) is 15.1 Å². The van der Waals surface area contributed by atoms with Gasteiger partial charge < -0.3 is 0 Å². The summed E-state index contributed by atoms with van der Waals surface area (Å²) in [5, 5.41) is 8.26. The number of nitrogens with one attached hydrogen (secondary N) is 3. The number of fused-ring (bicyclic) bond motifs is 1. The molecule has 29 heavy (non-hydrogen) atoms. The minimum atomic E-state index is -2.54. The topological polar surface area (TPSA) is 78.9 Å². The molecule has 2 aromatic heterocycles. The molecule has 1 fully saturated rings. The molecular weight excluding hydrogens is 479 g/mol. The van der Waals surface area contributed by atoms with Crippen molar-refractivity contribution in [2.45, 2.75) is 17.0 Å².